The lowest BCUT2D eigenvalue weighted by Gasteiger charge is -2.27. The lowest BCUT2D eigenvalue weighted by Crippen LogP contribution is -2.22. The van der Waals surface area contributed by atoms with Crippen LogP contribution in [-0.2, 0) is 6.42 Å². The van der Waals surface area contributed by atoms with Gasteiger partial charge in [-0.25, -0.2) is 0 Å². The van der Waals surface area contributed by atoms with Crippen LogP contribution in [0, 0.1) is 0 Å². The second-order valence-electron chi connectivity index (χ2n) is 8.16. The number of rotatable bonds is 9. The summed E-state index contributed by atoms with van der Waals surface area (Å²) in [6.07, 6.45) is 9.95. The Labute approximate surface area is 177 Å². The molecule has 0 aliphatic heterocycles. The molecule has 2 rings (SSSR count). The van der Waals surface area contributed by atoms with Gasteiger partial charge in [0, 0.05) is 17.9 Å². The molecule has 29 heavy (non-hydrogen) atoms. The van der Waals surface area contributed by atoms with E-state index in [2.05, 4.69) is 87.6 Å². The van der Waals surface area contributed by atoms with E-state index in [1.807, 2.05) is 13.8 Å². The molecule has 1 aliphatic carbocycles. The van der Waals surface area contributed by atoms with Gasteiger partial charge >= 0.3 is 0 Å². The molecule has 0 unspecified atom stereocenters. The number of hydrogen-bond donors (Lipinski definition) is 0. The quantitative estimate of drug-likeness (QED) is 0.310. The van der Waals surface area contributed by atoms with E-state index in [0.717, 1.165) is 48.3 Å². The second-order valence-corrected chi connectivity index (χ2v) is 8.16. The van der Waals surface area contributed by atoms with Crippen molar-refractivity contribution in [2.24, 2.45) is 0 Å². The largest absolute Gasteiger partial charge is 0.342 e. The van der Waals surface area contributed by atoms with Crippen molar-refractivity contribution in [1.29, 1.82) is 0 Å². The minimum Gasteiger partial charge on any atom is -0.342 e. The van der Waals surface area contributed by atoms with Gasteiger partial charge in [0.05, 0.1) is 0 Å². The first-order valence-corrected chi connectivity index (χ1v) is 10.3. The van der Waals surface area contributed by atoms with Gasteiger partial charge in [0.15, 0.2) is 0 Å². The Morgan fingerprint density at radius 3 is 2.14 bits per heavy atom. The molecule has 0 radical (unpaired) electrons. The highest BCUT2D eigenvalue weighted by atomic mass is 15.1. The van der Waals surface area contributed by atoms with Crippen LogP contribution in [0.3, 0.4) is 0 Å². The van der Waals surface area contributed by atoms with Crippen LogP contribution in [0.15, 0.2) is 102 Å². The molecule has 0 bridgehead atoms. The molecule has 0 aromatic heterocycles. The monoisotopic (exact) mass is 385 g/mol. The summed E-state index contributed by atoms with van der Waals surface area (Å²) < 4.78 is 0. The van der Waals surface area contributed by atoms with Gasteiger partial charge < -0.3 is 4.90 Å². The van der Waals surface area contributed by atoms with Crippen molar-refractivity contribution >= 4 is 6.08 Å². The molecule has 0 heterocycles. The van der Waals surface area contributed by atoms with Crippen molar-refractivity contribution in [2.75, 3.05) is 6.54 Å². The summed E-state index contributed by atoms with van der Waals surface area (Å²) in [6, 6.07) is 8.72. The third-order valence-electron chi connectivity index (χ3n) is 5.22. The van der Waals surface area contributed by atoms with Crippen molar-refractivity contribution in [3.63, 3.8) is 0 Å². The summed E-state index contributed by atoms with van der Waals surface area (Å²) in [6.45, 7) is 25.7. The normalized spacial score (nSPS) is 14.0. The van der Waals surface area contributed by atoms with Crippen molar-refractivity contribution in [3.05, 3.63) is 113 Å². The van der Waals surface area contributed by atoms with Crippen LogP contribution in [-0.4, -0.2) is 11.4 Å². The number of hydrogen-bond acceptors (Lipinski definition) is 1. The zero-order valence-corrected chi connectivity index (χ0v) is 18.6. The van der Waals surface area contributed by atoms with E-state index >= 15 is 0 Å². The van der Waals surface area contributed by atoms with Gasteiger partial charge in [-0.1, -0.05) is 68.3 Å². The first-order valence-electron chi connectivity index (χ1n) is 10.3. The predicted octanol–water partition coefficient (Wildman–Crippen LogP) is 7.78. The van der Waals surface area contributed by atoms with Crippen LogP contribution >= 0.6 is 0 Å². The molecule has 0 saturated heterocycles. The van der Waals surface area contributed by atoms with E-state index in [1.165, 1.54) is 27.8 Å². The average molecular weight is 386 g/mol. The average Bonchev–Trinajstić information content (AvgIpc) is 2.67. The topological polar surface area (TPSA) is 3.24 Å². The summed E-state index contributed by atoms with van der Waals surface area (Å²) in [5.74, 6) is 0. The summed E-state index contributed by atoms with van der Waals surface area (Å²) in [4.78, 5) is 2.11. The van der Waals surface area contributed by atoms with Crippen LogP contribution < -0.4 is 0 Å². The van der Waals surface area contributed by atoms with E-state index in [-0.39, 0.29) is 0 Å². The molecule has 1 aromatic rings. The maximum atomic E-state index is 4.32. The minimum absolute atomic E-state index is 0.740. The molecule has 1 heteroatoms. The predicted molar refractivity (Wildman–Crippen MR) is 129 cm³/mol. The molecule has 0 saturated carbocycles. The SMILES string of the molecule is C=C(C)CN(C(=C)C)C(=C)/C(C)=C/c1ccc(CC(=C)C2=CCCC=C2C)cc1. The Hall–Kier alpha value is -2.80. The Bertz CT molecular complexity index is 900. The van der Waals surface area contributed by atoms with Gasteiger partial charge in [-0.3, -0.25) is 0 Å². The number of benzene rings is 1. The number of allylic oxidation sites excluding steroid dienone is 7. The molecule has 0 spiro atoms. The highest BCUT2D eigenvalue weighted by molar-refractivity contribution is 5.58. The number of nitrogens with zero attached hydrogens (tertiary/aromatic N) is 1. The maximum Gasteiger partial charge on any atom is 0.0432 e. The molecule has 0 atom stereocenters. The highest BCUT2D eigenvalue weighted by Crippen LogP contribution is 2.27. The van der Waals surface area contributed by atoms with E-state index in [0.29, 0.717) is 0 Å². The van der Waals surface area contributed by atoms with Gasteiger partial charge in [-0.15, -0.1) is 0 Å². The zero-order chi connectivity index (χ0) is 21.6. The fourth-order valence-corrected chi connectivity index (χ4v) is 3.57. The van der Waals surface area contributed by atoms with E-state index in [9.17, 15) is 0 Å². The Morgan fingerprint density at radius 1 is 0.966 bits per heavy atom. The molecule has 0 N–H and O–H groups in total. The van der Waals surface area contributed by atoms with Crippen LogP contribution in [0.2, 0.25) is 0 Å². The molecular formula is C28H35N. The molecule has 0 amide bonds. The first kappa shape index (κ1) is 22.5. The van der Waals surface area contributed by atoms with Gasteiger partial charge in [-0.2, -0.15) is 0 Å². The fraction of sp³-hybridized carbons (Fsp3) is 0.286. The standard InChI is InChI=1S/C28H35N/c1-20(2)19-29(21(3)4)25(8)23(6)17-26-13-15-27(16-14-26)18-24(7)28-12-10-9-11-22(28)5/h11-17H,1,3,7-10,18-19H2,2,4-6H3/b23-17+. The molecule has 152 valence electrons. The van der Waals surface area contributed by atoms with Gasteiger partial charge in [-0.05, 0) is 86.5 Å². The minimum atomic E-state index is 0.740. The van der Waals surface area contributed by atoms with Crippen molar-refractivity contribution in [3.8, 4) is 0 Å². The molecule has 1 nitrogen and oxygen atoms in total. The van der Waals surface area contributed by atoms with Gasteiger partial charge in [0.25, 0.3) is 0 Å². The lowest BCUT2D eigenvalue weighted by atomic mass is 9.90. The van der Waals surface area contributed by atoms with Gasteiger partial charge in [0.2, 0.25) is 0 Å². The van der Waals surface area contributed by atoms with Gasteiger partial charge in [0.1, 0.15) is 0 Å². The second kappa shape index (κ2) is 10.1. The molecule has 1 aliphatic rings. The summed E-state index contributed by atoms with van der Waals surface area (Å²) in [7, 11) is 0. The van der Waals surface area contributed by atoms with Crippen LogP contribution in [0.5, 0.6) is 0 Å². The highest BCUT2D eigenvalue weighted by Gasteiger charge is 2.11. The third kappa shape index (κ3) is 6.35. The van der Waals surface area contributed by atoms with E-state index in [4.69, 9.17) is 0 Å². The van der Waals surface area contributed by atoms with Crippen LogP contribution in [0.4, 0.5) is 0 Å². The fourth-order valence-electron chi connectivity index (χ4n) is 3.57. The van der Waals surface area contributed by atoms with Crippen molar-refractivity contribution in [1.82, 2.24) is 4.90 Å². The zero-order valence-electron chi connectivity index (χ0n) is 18.6. The van der Waals surface area contributed by atoms with Crippen molar-refractivity contribution < 1.29 is 0 Å². The summed E-state index contributed by atoms with van der Waals surface area (Å²) in [5, 5.41) is 0. The molecule has 0 fully saturated rings. The first-order chi connectivity index (χ1) is 13.7. The third-order valence-corrected chi connectivity index (χ3v) is 5.22. The summed E-state index contributed by atoms with van der Waals surface area (Å²) in [5.41, 5.74) is 10.5. The van der Waals surface area contributed by atoms with Crippen molar-refractivity contribution in [2.45, 2.75) is 47.0 Å². The lowest BCUT2D eigenvalue weighted by molar-refractivity contribution is 0.475. The smallest absolute Gasteiger partial charge is 0.0432 e. The maximum absolute atomic E-state index is 4.32. The van der Waals surface area contributed by atoms with E-state index in [1.54, 1.807) is 0 Å². The molecule has 1 aromatic carbocycles. The Kier molecular flexibility index (Phi) is 7.84. The van der Waals surface area contributed by atoms with E-state index < -0.39 is 0 Å². The molecular weight excluding hydrogens is 350 g/mol. The Morgan fingerprint density at radius 2 is 1.59 bits per heavy atom. The van der Waals surface area contributed by atoms with Crippen LogP contribution in [0.25, 0.3) is 6.08 Å². The Balaban J connectivity index is 2.09. The van der Waals surface area contributed by atoms with Crippen LogP contribution in [0.1, 0.15) is 51.7 Å². The summed E-state index contributed by atoms with van der Waals surface area (Å²) >= 11 is 0.